The number of hydrogen-bond donors (Lipinski definition) is 0. The Balaban J connectivity index is 1.39. The maximum Gasteiger partial charge on any atom is 0.597 e. The van der Waals surface area contributed by atoms with Crippen molar-refractivity contribution in [3.63, 3.8) is 0 Å². The summed E-state index contributed by atoms with van der Waals surface area (Å²) in [5.41, 5.74) is 1.80. The summed E-state index contributed by atoms with van der Waals surface area (Å²) in [6, 6.07) is 0. The molecule has 0 aromatic heterocycles. The van der Waals surface area contributed by atoms with E-state index < -0.39 is 37.3 Å². The van der Waals surface area contributed by atoms with Crippen molar-refractivity contribution in [2.45, 2.75) is 295 Å². The predicted molar refractivity (Wildman–Crippen MR) is 375 cm³/mol. The highest BCUT2D eigenvalue weighted by Gasteiger charge is 2.63. The van der Waals surface area contributed by atoms with Crippen LogP contribution in [0.1, 0.15) is 295 Å². The molecule has 89 heavy (non-hydrogen) atoms. The molecule has 0 radical (unpaired) electrons. The van der Waals surface area contributed by atoms with E-state index in [0.717, 1.165) is 103 Å². The molecular formula is C80H132O7P2. The van der Waals surface area contributed by atoms with Crippen LogP contribution in [0.15, 0.2) is 93.9 Å². The highest BCUT2D eigenvalue weighted by atomic mass is 31.3. The van der Waals surface area contributed by atoms with Crippen LogP contribution in [0.4, 0.5) is 0 Å². The zero-order chi connectivity index (χ0) is 65.9. The Morgan fingerprint density at radius 2 is 0.551 bits per heavy atom. The van der Waals surface area contributed by atoms with Gasteiger partial charge < -0.3 is 18.1 Å². The summed E-state index contributed by atoms with van der Waals surface area (Å²) in [5.74, 6) is 6.55. The van der Waals surface area contributed by atoms with Crippen LogP contribution in [0.2, 0.25) is 0 Å². The molecule has 0 aromatic rings. The van der Waals surface area contributed by atoms with E-state index in [1.165, 1.54) is 22.3 Å². The van der Waals surface area contributed by atoms with Gasteiger partial charge in [-0.2, -0.15) is 0 Å². The van der Waals surface area contributed by atoms with Crippen LogP contribution >= 0.6 is 15.6 Å². The molecular weight excluding hydrogens is 1130 g/mol. The molecule has 8 aliphatic rings. The van der Waals surface area contributed by atoms with Crippen molar-refractivity contribution in [1.82, 2.24) is 0 Å². The Morgan fingerprint density at radius 1 is 0.360 bits per heavy atom. The van der Waals surface area contributed by atoms with Crippen LogP contribution in [0, 0.1) is 114 Å². The maximum atomic E-state index is 18.0. The summed E-state index contributed by atoms with van der Waals surface area (Å²) in [4.78, 5) is 0. The molecule has 0 spiro atoms. The topological polar surface area (TPSA) is 80.3 Å². The Bertz CT molecular complexity index is 2530. The van der Waals surface area contributed by atoms with Gasteiger partial charge in [-0.25, -0.2) is 9.13 Å². The van der Waals surface area contributed by atoms with Crippen LogP contribution in [-0.2, 0) is 31.5 Å². The first-order chi connectivity index (χ1) is 41.4. The van der Waals surface area contributed by atoms with Crippen molar-refractivity contribution in [1.29, 1.82) is 0 Å². The van der Waals surface area contributed by atoms with Crippen LogP contribution in [0.25, 0.3) is 0 Å². The number of allylic oxidation sites excluding steroid dienone is 12. The van der Waals surface area contributed by atoms with Gasteiger partial charge in [0.05, 0.1) is 0 Å². The van der Waals surface area contributed by atoms with E-state index in [2.05, 4.69) is 215 Å². The van der Waals surface area contributed by atoms with E-state index in [1.54, 1.807) is 0 Å². The lowest BCUT2D eigenvalue weighted by atomic mass is 9.52. The molecule has 0 N–H and O–H groups in total. The third-order valence-electron chi connectivity index (χ3n) is 26.6. The molecule has 0 unspecified atom stereocenters. The maximum absolute atomic E-state index is 18.0. The first kappa shape index (κ1) is 72.4. The van der Waals surface area contributed by atoms with Crippen LogP contribution in [-0.4, -0.2) is 0 Å². The van der Waals surface area contributed by atoms with Crippen LogP contribution in [0.3, 0.4) is 0 Å². The fourth-order valence-electron chi connectivity index (χ4n) is 19.9. The second-order valence-electron chi connectivity index (χ2n) is 34.9. The molecule has 0 saturated heterocycles. The summed E-state index contributed by atoms with van der Waals surface area (Å²) in [6.07, 6.45) is 38.0. The standard InChI is InChI=1S/C80H132O7P2/c1-25-53(5)29-37-61-57(9)33-41-65-73(13,14)49-45-69(77(61,65)21)83-88(81,84-70-46-50-74(15,16)66-42-34-58(10)62(78(66,70)22)38-30-54(6)26-2)87-89(82,85-71-47-51-75(17,18)67-43-35-59(11)63(79(67,71)23)39-31-55(7)27-3)86-72-48-52-76(19,20)68-44-36-60(12)64(80(68,72)24)40-32-56(8)28-4/h41-48,53-64H,25-40,49-52H2,1-24H3/t53-,54-,55-,56-,57+,58+,59+,60+,61+,62+,63+,64+,77-,78-,79-,80-/m1/s1. The smallest absolute Gasteiger partial charge is 0.399 e. The van der Waals surface area contributed by atoms with Crippen molar-refractivity contribution in [2.24, 2.45) is 114 Å². The number of hydrogen-bond acceptors (Lipinski definition) is 7. The molecule has 8 aliphatic carbocycles. The minimum Gasteiger partial charge on any atom is -0.399 e. The van der Waals surface area contributed by atoms with Gasteiger partial charge in [0.15, 0.2) is 0 Å². The Hall–Kier alpha value is -2.46. The average molecular weight is 1270 g/mol. The van der Waals surface area contributed by atoms with Gasteiger partial charge >= 0.3 is 15.6 Å². The average Bonchev–Trinajstić information content (AvgIpc) is 0.785. The quantitative estimate of drug-likeness (QED) is 0.0630. The van der Waals surface area contributed by atoms with E-state index in [4.69, 9.17) is 22.4 Å². The van der Waals surface area contributed by atoms with Gasteiger partial charge in [-0.05, 0) is 222 Å². The van der Waals surface area contributed by atoms with Gasteiger partial charge in [-0.3, -0.25) is 0 Å². The van der Waals surface area contributed by atoms with Gasteiger partial charge in [-0.1, -0.05) is 236 Å². The lowest BCUT2D eigenvalue weighted by Gasteiger charge is -2.55. The first-order valence-corrected chi connectivity index (χ1v) is 39.7. The lowest BCUT2D eigenvalue weighted by molar-refractivity contribution is 0.0427. The third kappa shape index (κ3) is 13.9. The van der Waals surface area contributed by atoms with E-state index in [0.29, 0.717) is 96.1 Å². The molecule has 0 aromatic carbocycles. The molecule has 7 nitrogen and oxygen atoms in total. The van der Waals surface area contributed by atoms with Crippen LogP contribution < -0.4 is 0 Å². The van der Waals surface area contributed by atoms with Gasteiger partial charge in [0.1, 0.15) is 23.0 Å². The molecule has 0 fully saturated rings. The molecule has 0 aliphatic heterocycles. The second kappa shape index (κ2) is 27.0. The zero-order valence-corrected chi connectivity index (χ0v) is 63.2. The summed E-state index contributed by atoms with van der Waals surface area (Å²) < 4.78 is 74.0. The van der Waals surface area contributed by atoms with E-state index >= 15 is 9.13 Å². The largest absolute Gasteiger partial charge is 0.597 e. The Kier molecular flexibility index (Phi) is 21.9. The predicted octanol–water partition coefficient (Wildman–Crippen LogP) is 26.2. The van der Waals surface area contributed by atoms with E-state index in [-0.39, 0.29) is 45.3 Å². The molecule has 0 amide bonds. The third-order valence-corrected chi connectivity index (χ3v) is 29.9. The van der Waals surface area contributed by atoms with Crippen LogP contribution in [0.5, 0.6) is 0 Å². The van der Waals surface area contributed by atoms with E-state index in [9.17, 15) is 0 Å². The van der Waals surface area contributed by atoms with Crippen molar-refractivity contribution < 1.29 is 31.5 Å². The molecule has 8 rings (SSSR count). The minimum atomic E-state index is -5.16. The molecule has 0 heterocycles. The Labute approximate surface area is 547 Å². The highest BCUT2D eigenvalue weighted by molar-refractivity contribution is 7.62. The molecule has 0 saturated carbocycles. The van der Waals surface area contributed by atoms with Crippen molar-refractivity contribution in [2.75, 3.05) is 0 Å². The van der Waals surface area contributed by atoms with Crippen molar-refractivity contribution >= 4 is 15.6 Å². The summed E-state index contributed by atoms with van der Waals surface area (Å²) >= 11 is 0. The number of phosphoric ester groups is 2. The van der Waals surface area contributed by atoms with Gasteiger partial charge in [0.2, 0.25) is 0 Å². The fourth-order valence-corrected chi connectivity index (χ4v) is 23.5. The highest BCUT2D eigenvalue weighted by Crippen LogP contribution is 2.77. The molecule has 0 bridgehead atoms. The SMILES string of the molecule is CC[C@@H](C)CC[C@H]1[C@@H](C)CC=C2C(C)(C)CC=C(OP(=O)(OC3=CCC(C)(C)C4=CC[C@H](C)[C@H](CC[C@H](C)CC)[C@@]34C)OP(=O)(OC3=CCC(C)(C)C4=CC[C@H](C)[C@H](CC[C@H](C)CC)[C@@]34C)OC3=CCC(C)(C)C4=CC[C@H](C)[C@H](CC[C@H](C)CC)[C@@]34C)[C@@]21C. The number of rotatable bonds is 26. The second-order valence-corrected chi connectivity index (χ2v) is 38.1. The normalized spacial score (nSPS) is 36.0. The molecule has 16 atom stereocenters. The van der Waals surface area contributed by atoms with Crippen molar-refractivity contribution in [3.8, 4) is 0 Å². The van der Waals surface area contributed by atoms with Crippen molar-refractivity contribution in [3.05, 3.63) is 93.9 Å². The van der Waals surface area contributed by atoms with Gasteiger partial charge in [0, 0.05) is 21.7 Å². The number of phosphoric acid groups is 2. The summed E-state index contributed by atoms with van der Waals surface area (Å²) in [7, 11) is -10.3. The first-order valence-electron chi connectivity index (χ1n) is 36.7. The monoisotopic (exact) mass is 1270 g/mol. The van der Waals surface area contributed by atoms with E-state index in [1.807, 2.05) is 0 Å². The fraction of sp³-hybridized carbons (Fsp3) is 0.800. The molecule has 504 valence electrons. The minimum absolute atomic E-state index is 0.170. The summed E-state index contributed by atoms with van der Waals surface area (Å²) in [6.45, 7) is 56.5. The lowest BCUT2D eigenvalue weighted by Crippen LogP contribution is -2.46. The summed E-state index contributed by atoms with van der Waals surface area (Å²) in [5, 5.41) is 0. The Morgan fingerprint density at radius 3 is 0.730 bits per heavy atom. The van der Waals surface area contributed by atoms with Gasteiger partial charge in [-0.15, -0.1) is 4.31 Å². The molecule has 9 heteroatoms. The zero-order valence-electron chi connectivity index (χ0n) is 61.4. The van der Waals surface area contributed by atoms with Gasteiger partial charge in [0.25, 0.3) is 0 Å². The number of fused-ring (bicyclic) bond motifs is 4.